The zero-order chi connectivity index (χ0) is 17.1. The lowest BCUT2D eigenvalue weighted by atomic mass is 10.0. The summed E-state index contributed by atoms with van der Waals surface area (Å²) in [6.45, 7) is 5.36. The molecule has 1 fully saturated rings. The highest BCUT2D eigenvalue weighted by molar-refractivity contribution is 5.57. The average molecular weight is 332 g/mol. The van der Waals surface area contributed by atoms with E-state index in [0.717, 1.165) is 43.7 Å². The number of piperidine rings is 1. The van der Waals surface area contributed by atoms with Gasteiger partial charge in [0.2, 0.25) is 0 Å². The molecule has 4 rings (SSSR count). The van der Waals surface area contributed by atoms with E-state index in [2.05, 4.69) is 87.6 Å². The zero-order valence-corrected chi connectivity index (χ0v) is 14.7. The monoisotopic (exact) mass is 332 g/mol. The highest BCUT2D eigenvalue weighted by Crippen LogP contribution is 2.25. The standard InChI is InChI=1S/C21H24N4/c1-17-7-9-19(10-8-17)21-16-25(23-22-21)20-11-13-24(14-12-20)15-18-5-3-2-4-6-18/h2-10,16,20H,11-15H2,1H3. The molecule has 1 aliphatic heterocycles. The maximum atomic E-state index is 4.40. The van der Waals surface area contributed by atoms with Crippen molar-refractivity contribution in [3.05, 3.63) is 71.9 Å². The number of hydrogen-bond acceptors (Lipinski definition) is 3. The van der Waals surface area contributed by atoms with Gasteiger partial charge in [-0.1, -0.05) is 65.4 Å². The van der Waals surface area contributed by atoms with Crippen molar-refractivity contribution in [1.29, 1.82) is 0 Å². The molecule has 1 aromatic heterocycles. The molecule has 2 aromatic carbocycles. The molecule has 0 N–H and O–H groups in total. The third-order valence-electron chi connectivity index (χ3n) is 5.04. The lowest BCUT2D eigenvalue weighted by Gasteiger charge is -2.31. The fourth-order valence-corrected chi connectivity index (χ4v) is 3.50. The Morgan fingerprint density at radius 1 is 0.960 bits per heavy atom. The molecule has 0 bridgehead atoms. The Kier molecular flexibility index (Phi) is 4.61. The molecule has 3 aromatic rings. The SMILES string of the molecule is Cc1ccc(-c2cn(C3CCN(Cc4ccccc4)CC3)nn2)cc1. The summed E-state index contributed by atoms with van der Waals surface area (Å²) in [5.74, 6) is 0. The molecule has 0 radical (unpaired) electrons. The van der Waals surface area contributed by atoms with Gasteiger partial charge in [0.25, 0.3) is 0 Å². The second-order valence-corrected chi connectivity index (χ2v) is 6.94. The van der Waals surface area contributed by atoms with Crippen LogP contribution in [0.5, 0.6) is 0 Å². The molecule has 128 valence electrons. The molecule has 0 saturated carbocycles. The van der Waals surface area contributed by atoms with Gasteiger partial charge in [0.1, 0.15) is 5.69 Å². The minimum atomic E-state index is 0.457. The lowest BCUT2D eigenvalue weighted by molar-refractivity contribution is 0.172. The van der Waals surface area contributed by atoms with Gasteiger partial charge in [-0.3, -0.25) is 4.90 Å². The quantitative estimate of drug-likeness (QED) is 0.721. The largest absolute Gasteiger partial charge is 0.299 e. The fraction of sp³-hybridized carbons (Fsp3) is 0.333. The molecular formula is C21H24N4. The number of hydrogen-bond donors (Lipinski definition) is 0. The first kappa shape index (κ1) is 16.0. The molecule has 1 saturated heterocycles. The molecule has 25 heavy (non-hydrogen) atoms. The third kappa shape index (κ3) is 3.80. The van der Waals surface area contributed by atoms with Gasteiger partial charge < -0.3 is 0 Å². The van der Waals surface area contributed by atoms with Gasteiger partial charge in [0.15, 0.2) is 0 Å². The first-order valence-corrected chi connectivity index (χ1v) is 9.03. The third-order valence-corrected chi connectivity index (χ3v) is 5.04. The van der Waals surface area contributed by atoms with Gasteiger partial charge in [-0.2, -0.15) is 0 Å². The summed E-state index contributed by atoms with van der Waals surface area (Å²) in [6, 6.07) is 19.7. The predicted molar refractivity (Wildman–Crippen MR) is 100 cm³/mol. The summed E-state index contributed by atoms with van der Waals surface area (Å²) in [6.07, 6.45) is 4.36. The minimum Gasteiger partial charge on any atom is -0.299 e. The first-order chi connectivity index (χ1) is 12.3. The van der Waals surface area contributed by atoms with Crippen molar-refractivity contribution in [2.24, 2.45) is 0 Å². The number of benzene rings is 2. The van der Waals surface area contributed by atoms with Crippen molar-refractivity contribution in [2.75, 3.05) is 13.1 Å². The summed E-state index contributed by atoms with van der Waals surface area (Å²) in [5.41, 5.74) is 4.76. The van der Waals surface area contributed by atoms with Crippen LogP contribution in [0.25, 0.3) is 11.3 Å². The Balaban J connectivity index is 1.37. The Bertz CT molecular complexity index is 799. The summed E-state index contributed by atoms with van der Waals surface area (Å²) in [7, 11) is 0. The van der Waals surface area contributed by atoms with Crippen molar-refractivity contribution in [1.82, 2.24) is 19.9 Å². The molecule has 4 nitrogen and oxygen atoms in total. The molecule has 0 aliphatic carbocycles. The normalized spacial score (nSPS) is 16.2. The van der Waals surface area contributed by atoms with Crippen LogP contribution in [0.1, 0.15) is 30.0 Å². The molecule has 0 spiro atoms. The van der Waals surface area contributed by atoms with Crippen LogP contribution in [0.15, 0.2) is 60.8 Å². The predicted octanol–water partition coefficient (Wildman–Crippen LogP) is 4.09. The lowest BCUT2D eigenvalue weighted by Crippen LogP contribution is -2.34. The number of aryl methyl sites for hydroxylation is 1. The van der Waals surface area contributed by atoms with Gasteiger partial charge in [-0.05, 0) is 25.3 Å². The Hall–Kier alpha value is -2.46. The van der Waals surface area contributed by atoms with Crippen LogP contribution in [0.2, 0.25) is 0 Å². The van der Waals surface area contributed by atoms with Crippen LogP contribution >= 0.6 is 0 Å². The van der Waals surface area contributed by atoms with E-state index in [1.165, 1.54) is 11.1 Å². The van der Waals surface area contributed by atoms with E-state index in [1.54, 1.807) is 0 Å². The van der Waals surface area contributed by atoms with E-state index in [4.69, 9.17) is 0 Å². The molecule has 0 atom stereocenters. The van der Waals surface area contributed by atoms with E-state index in [0.29, 0.717) is 6.04 Å². The summed E-state index contributed by atoms with van der Waals surface area (Å²) < 4.78 is 2.06. The van der Waals surface area contributed by atoms with E-state index in [9.17, 15) is 0 Å². The summed E-state index contributed by atoms with van der Waals surface area (Å²) >= 11 is 0. The van der Waals surface area contributed by atoms with E-state index >= 15 is 0 Å². The number of likely N-dealkylation sites (tertiary alicyclic amines) is 1. The molecule has 0 unspecified atom stereocenters. The van der Waals surface area contributed by atoms with Crippen LogP contribution in [-0.2, 0) is 6.54 Å². The molecule has 1 aliphatic rings. The Morgan fingerprint density at radius 2 is 1.68 bits per heavy atom. The molecule has 0 amide bonds. The van der Waals surface area contributed by atoms with Crippen molar-refractivity contribution < 1.29 is 0 Å². The maximum absolute atomic E-state index is 4.40. The highest BCUT2D eigenvalue weighted by Gasteiger charge is 2.21. The summed E-state index contributed by atoms with van der Waals surface area (Å²) in [5, 5.41) is 8.77. The molecule has 2 heterocycles. The van der Waals surface area contributed by atoms with Gasteiger partial charge in [-0.15, -0.1) is 5.10 Å². The van der Waals surface area contributed by atoms with Gasteiger partial charge in [-0.25, -0.2) is 4.68 Å². The van der Waals surface area contributed by atoms with Crippen LogP contribution in [-0.4, -0.2) is 33.0 Å². The fourth-order valence-electron chi connectivity index (χ4n) is 3.50. The van der Waals surface area contributed by atoms with Crippen molar-refractivity contribution in [3.63, 3.8) is 0 Å². The number of aromatic nitrogens is 3. The molecule has 4 heteroatoms. The Labute approximate surface area is 149 Å². The maximum Gasteiger partial charge on any atom is 0.113 e. The average Bonchev–Trinajstić information content (AvgIpc) is 3.14. The second-order valence-electron chi connectivity index (χ2n) is 6.94. The van der Waals surface area contributed by atoms with Crippen LogP contribution in [0.4, 0.5) is 0 Å². The van der Waals surface area contributed by atoms with Crippen molar-refractivity contribution >= 4 is 0 Å². The van der Waals surface area contributed by atoms with Crippen LogP contribution < -0.4 is 0 Å². The highest BCUT2D eigenvalue weighted by atomic mass is 15.4. The van der Waals surface area contributed by atoms with Crippen LogP contribution in [0, 0.1) is 6.92 Å². The first-order valence-electron chi connectivity index (χ1n) is 9.03. The van der Waals surface area contributed by atoms with Crippen molar-refractivity contribution in [3.8, 4) is 11.3 Å². The van der Waals surface area contributed by atoms with Gasteiger partial charge in [0.05, 0.1) is 12.2 Å². The Morgan fingerprint density at radius 3 is 2.40 bits per heavy atom. The smallest absolute Gasteiger partial charge is 0.113 e. The topological polar surface area (TPSA) is 34.0 Å². The van der Waals surface area contributed by atoms with E-state index in [1.807, 2.05) is 0 Å². The van der Waals surface area contributed by atoms with E-state index < -0.39 is 0 Å². The second kappa shape index (κ2) is 7.19. The number of nitrogens with zero attached hydrogens (tertiary/aromatic N) is 4. The zero-order valence-electron chi connectivity index (χ0n) is 14.7. The number of rotatable bonds is 4. The molecular weight excluding hydrogens is 308 g/mol. The van der Waals surface area contributed by atoms with Crippen LogP contribution in [0.3, 0.4) is 0 Å². The van der Waals surface area contributed by atoms with Crippen molar-refractivity contribution in [2.45, 2.75) is 32.4 Å². The van der Waals surface area contributed by atoms with Gasteiger partial charge in [0, 0.05) is 25.2 Å². The van der Waals surface area contributed by atoms with E-state index in [-0.39, 0.29) is 0 Å². The summed E-state index contributed by atoms with van der Waals surface area (Å²) in [4.78, 5) is 2.53. The van der Waals surface area contributed by atoms with Gasteiger partial charge >= 0.3 is 0 Å². The minimum absolute atomic E-state index is 0.457.